The van der Waals surface area contributed by atoms with E-state index >= 15 is 0 Å². The zero-order valence-electron chi connectivity index (χ0n) is 6.70. The summed E-state index contributed by atoms with van der Waals surface area (Å²) >= 11 is 0. The third-order valence-corrected chi connectivity index (χ3v) is 2.11. The minimum atomic E-state index is 0. The second-order valence-electron chi connectivity index (χ2n) is 2.42. The molecule has 0 saturated carbocycles. The Morgan fingerprint density at radius 1 is 1.00 bits per heavy atom. The van der Waals surface area contributed by atoms with E-state index in [1.807, 2.05) is 0 Å². The monoisotopic (exact) mass is 133 g/mol. The summed E-state index contributed by atoms with van der Waals surface area (Å²) in [6.45, 7) is 6.44. The molecule has 0 bridgehead atoms. The van der Waals surface area contributed by atoms with Gasteiger partial charge in [0.25, 0.3) is 0 Å². The molecule has 58 valence electrons. The van der Waals surface area contributed by atoms with Crippen molar-refractivity contribution < 1.29 is 5.48 Å². The summed E-state index contributed by atoms with van der Waals surface area (Å²) in [5.74, 6) is 0. The SMILES string of the molecule is CCC(N)(CC)CC.O. The van der Waals surface area contributed by atoms with Crippen LogP contribution in [-0.2, 0) is 0 Å². The molecule has 0 aliphatic rings. The van der Waals surface area contributed by atoms with Gasteiger partial charge in [0.1, 0.15) is 0 Å². The molecule has 2 nitrogen and oxygen atoms in total. The molecule has 0 saturated heterocycles. The standard InChI is InChI=1S/C7H17N.H2O/c1-4-7(8,5-2)6-3;/h4-6,8H2,1-3H3;1H2. The van der Waals surface area contributed by atoms with Gasteiger partial charge in [-0.1, -0.05) is 20.8 Å². The van der Waals surface area contributed by atoms with Gasteiger partial charge in [-0.05, 0) is 19.3 Å². The summed E-state index contributed by atoms with van der Waals surface area (Å²) in [6.07, 6.45) is 3.29. The normalized spacial score (nSPS) is 10.7. The summed E-state index contributed by atoms with van der Waals surface area (Å²) in [7, 11) is 0. The first kappa shape index (κ1) is 11.7. The molecule has 0 spiro atoms. The van der Waals surface area contributed by atoms with Crippen molar-refractivity contribution in [3.05, 3.63) is 0 Å². The van der Waals surface area contributed by atoms with Crippen molar-refractivity contribution in [3.8, 4) is 0 Å². The lowest BCUT2D eigenvalue weighted by atomic mass is 9.92. The van der Waals surface area contributed by atoms with Gasteiger partial charge in [0.05, 0.1) is 0 Å². The second kappa shape index (κ2) is 4.77. The maximum absolute atomic E-state index is 5.90. The van der Waals surface area contributed by atoms with Crippen LogP contribution in [0.4, 0.5) is 0 Å². The maximum atomic E-state index is 5.90. The molecule has 0 aromatic rings. The summed E-state index contributed by atoms with van der Waals surface area (Å²) in [5.41, 5.74) is 6.02. The lowest BCUT2D eigenvalue weighted by molar-refractivity contribution is 0.383. The van der Waals surface area contributed by atoms with Gasteiger partial charge >= 0.3 is 0 Å². The third-order valence-electron chi connectivity index (χ3n) is 2.11. The molecule has 0 atom stereocenters. The summed E-state index contributed by atoms with van der Waals surface area (Å²) < 4.78 is 0. The fourth-order valence-corrected chi connectivity index (χ4v) is 0.750. The van der Waals surface area contributed by atoms with Gasteiger partial charge < -0.3 is 11.2 Å². The highest BCUT2D eigenvalue weighted by Crippen LogP contribution is 2.14. The third kappa shape index (κ3) is 3.49. The molecular weight excluding hydrogens is 114 g/mol. The Labute approximate surface area is 57.7 Å². The van der Waals surface area contributed by atoms with Crippen LogP contribution >= 0.6 is 0 Å². The molecule has 0 aromatic carbocycles. The molecule has 0 radical (unpaired) electrons. The van der Waals surface area contributed by atoms with Crippen LogP contribution in [0.2, 0.25) is 0 Å². The summed E-state index contributed by atoms with van der Waals surface area (Å²) in [4.78, 5) is 0. The summed E-state index contributed by atoms with van der Waals surface area (Å²) in [6, 6.07) is 0. The van der Waals surface area contributed by atoms with Crippen LogP contribution in [0.25, 0.3) is 0 Å². The minimum absolute atomic E-state index is 0. The first-order valence-corrected chi connectivity index (χ1v) is 3.47. The first-order chi connectivity index (χ1) is 3.68. The zero-order chi connectivity index (χ0) is 6.62. The molecule has 0 aliphatic heterocycles. The van der Waals surface area contributed by atoms with E-state index in [1.165, 1.54) is 0 Å². The fraction of sp³-hybridized carbons (Fsp3) is 1.00. The molecule has 0 fully saturated rings. The number of hydrogen-bond donors (Lipinski definition) is 1. The zero-order valence-corrected chi connectivity index (χ0v) is 6.70. The minimum Gasteiger partial charge on any atom is -0.412 e. The Kier molecular flexibility index (Phi) is 6.19. The predicted octanol–water partition coefficient (Wildman–Crippen LogP) is 1.09. The lowest BCUT2D eigenvalue weighted by Gasteiger charge is -2.23. The van der Waals surface area contributed by atoms with Crippen LogP contribution in [0, 0.1) is 0 Å². The van der Waals surface area contributed by atoms with Crippen LogP contribution in [0.1, 0.15) is 40.0 Å². The Morgan fingerprint density at radius 3 is 1.22 bits per heavy atom. The van der Waals surface area contributed by atoms with Crippen LogP contribution in [0.3, 0.4) is 0 Å². The predicted molar refractivity (Wildman–Crippen MR) is 41.4 cm³/mol. The van der Waals surface area contributed by atoms with Crippen molar-refractivity contribution in [3.63, 3.8) is 0 Å². The van der Waals surface area contributed by atoms with Crippen molar-refractivity contribution in [1.29, 1.82) is 0 Å². The molecule has 0 amide bonds. The topological polar surface area (TPSA) is 57.5 Å². The molecular formula is C7H19NO. The molecule has 0 unspecified atom stereocenters. The van der Waals surface area contributed by atoms with E-state index in [2.05, 4.69) is 20.8 Å². The molecule has 4 N–H and O–H groups in total. The van der Waals surface area contributed by atoms with Gasteiger partial charge in [0, 0.05) is 5.54 Å². The summed E-state index contributed by atoms with van der Waals surface area (Å²) in [5, 5.41) is 0. The van der Waals surface area contributed by atoms with Crippen molar-refractivity contribution in [2.24, 2.45) is 5.73 Å². The Balaban J connectivity index is 0. The quantitative estimate of drug-likeness (QED) is 0.615. The van der Waals surface area contributed by atoms with E-state index in [0.29, 0.717) is 0 Å². The Morgan fingerprint density at radius 2 is 1.22 bits per heavy atom. The van der Waals surface area contributed by atoms with Gasteiger partial charge in [-0.2, -0.15) is 0 Å². The number of nitrogens with two attached hydrogens (primary N) is 1. The molecule has 0 aromatic heterocycles. The number of hydrogen-bond acceptors (Lipinski definition) is 1. The second-order valence-corrected chi connectivity index (χ2v) is 2.42. The molecule has 0 aliphatic carbocycles. The highest BCUT2D eigenvalue weighted by Gasteiger charge is 2.15. The van der Waals surface area contributed by atoms with E-state index < -0.39 is 0 Å². The van der Waals surface area contributed by atoms with Crippen LogP contribution in [-0.4, -0.2) is 11.0 Å². The smallest absolute Gasteiger partial charge is 0.0146 e. The average Bonchev–Trinajstić information content (AvgIpc) is 1.87. The molecule has 0 heterocycles. The molecule has 0 rings (SSSR count). The van der Waals surface area contributed by atoms with Gasteiger partial charge in [-0.15, -0.1) is 0 Å². The van der Waals surface area contributed by atoms with Gasteiger partial charge in [0.15, 0.2) is 0 Å². The lowest BCUT2D eigenvalue weighted by Crippen LogP contribution is -2.37. The number of rotatable bonds is 3. The van der Waals surface area contributed by atoms with E-state index in [1.54, 1.807) is 0 Å². The highest BCUT2D eigenvalue weighted by molar-refractivity contribution is 4.77. The molecule has 9 heavy (non-hydrogen) atoms. The van der Waals surface area contributed by atoms with Crippen LogP contribution in [0.15, 0.2) is 0 Å². The van der Waals surface area contributed by atoms with Gasteiger partial charge in [0.2, 0.25) is 0 Å². The van der Waals surface area contributed by atoms with Crippen molar-refractivity contribution in [1.82, 2.24) is 0 Å². The van der Waals surface area contributed by atoms with E-state index in [4.69, 9.17) is 5.73 Å². The van der Waals surface area contributed by atoms with E-state index in [0.717, 1.165) is 19.3 Å². The maximum Gasteiger partial charge on any atom is 0.0146 e. The Bertz CT molecular complexity index is 51.7. The fourth-order valence-electron chi connectivity index (χ4n) is 0.750. The van der Waals surface area contributed by atoms with E-state index in [-0.39, 0.29) is 11.0 Å². The van der Waals surface area contributed by atoms with Crippen molar-refractivity contribution in [2.45, 2.75) is 45.6 Å². The highest BCUT2D eigenvalue weighted by atomic mass is 16.0. The van der Waals surface area contributed by atoms with Crippen LogP contribution in [0.5, 0.6) is 0 Å². The molecule has 2 heteroatoms. The van der Waals surface area contributed by atoms with Crippen molar-refractivity contribution >= 4 is 0 Å². The van der Waals surface area contributed by atoms with E-state index in [9.17, 15) is 0 Å². The Hall–Kier alpha value is -0.0800. The van der Waals surface area contributed by atoms with Crippen LogP contribution < -0.4 is 5.73 Å². The average molecular weight is 133 g/mol. The van der Waals surface area contributed by atoms with Gasteiger partial charge in [-0.25, -0.2) is 0 Å². The largest absolute Gasteiger partial charge is 0.412 e. The van der Waals surface area contributed by atoms with Crippen molar-refractivity contribution in [2.75, 3.05) is 0 Å². The van der Waals surface area contributed by atoms with Gasteiger partial charge in [-0.3, -0.25) is 0 Å². The first-order valence-electron chi connectivity index (χ1n) is 3.47.